The Labute approximate surface area is 380 Å². The van der Waals surface area contributed by atoms with E-state index in [4.69, 9.17) is 14.2 Å². The van der Waals surface area contributed by atoms with E-state index in [0.717, 1.165) is 32.3 Å². The molecule has 7 nitrogen and oxygen atoms in total. The van der Waals surface area contributed by atoms with Crippen LogP contribution in [0.4, 0.5) is 0 Å². The Morgan fingerprint density at radius 3 is 1.21 bits per heavy atom. The number of piperazine rings is 1. The fourth-order valence-corrected chi connectivity index (χ4v) is 9.15. The van der Waals surface area contributed by atoms with Crippen LogP contribution in [0.2, 0.25) is 0 Å². The fourth-order valence-electron chi connectivity index (χ4n) is 9.15. The van der Waals surface area contributed by atoms with Gasteiger partial charge in [-0.1, -0.05) is 182 Å². The second kappa shape index (κ2) is 44.0. The minimum Gasteiger partial charge on any atom is -0.466 e. The molecule has 0 aliphatic carbocycles. The van der Waals surface area contributed by atoms with Crippen LogP contribution in [0.3, 0.4) is 0 Å². The Balaban J connectivity index is 2.23. The number of nitrogens with zero attached hydrogens (tertiary/aromatic N) is 2. The van der Waals surface area contributed by atoms with Gasteiger partial charge >= 0.3 is 11.9 Å². The molecule has 1 heterocycles. The highest BCUT2D eigenvalue weighted by molar-refractivity contribution is 5.70. The quantitative estimate of drug-likeness (QED) is 0.0446. The summed E-state index contributed by atoms with van der Waals surface area (Å²) in [5, 5.41) is 0. The number of likely N-dealkylation sites (N-methyl/N-ethyl adjacent to an activating group) is 1. The van der Waals surface area contributed by atoms with Gasteiger partial charge in [-0.2, -0.15) is 0 Å². The van der Waals surface area contributed by atoms with Crippen molar-refractivity contribution in [3.05, 3.63) is 0 Å². The molecule has 0 aromatic heterocycles. The van der Waals surface area contributed by atoms with E-state index in [1.807, 2.05) is 0 Å². The minimum atomic E-state index is 0.0315. The van der Waals surface area contributed by atoms with Gasteiger partial charge in [-0.3, -0.25) is 9.59 Å². The van der Waals surface area contributed by atoms with Crippen LogP contribution >= 0.6 is 0 Å². The highest BCUT2D eigenvalue weighted by Crippen LogP contribution is 2.23. The molecule has 2 atom stereocenters. The molecule has 0 aromatic rings. The fraction of sp³-hybridized carbons (Fsp3) is 0.963. The number of ether oxygens (including phenoxy) is 3. The summed E-state index contributed by atoms with van der Waals surface area (Å²) in [6.07, 6.45) is 43.3. The van der Waals surface area contributed by atoms with E-state index in [1.165, 1.54) is 225 Å². The number of hydrogen-bond donors (Lipinski definition) is 0. The van der Waals surface area contributed by atoms with Gasteiger partial charge in [0.25, 0.3) is 0 Å². The third-order valence-corrected chi connectivity index (χ3v) is 13.5. The SMILES string of the molecule is CCCCCCC(CCCC)CC(=O)OCCCCCCCCCC(CCCCCCCCCOC(=O)CC(CCCC)CCCCCC)OCCCCN1CCN(C)CC1. The molecule has 61 heavy (non-hydrogen) atoms. The first kappa shape index (κ1) is 57.8. The lowest BCUT2D eigenvalue weighted by Crippen LogP contribution is -2.44. The molecule has 1 aliphatic heterocycles. The highest BCUT2D eigenvalue weighted by atomic mass is 16.5. The van der Waals surface area contributed by atoms with E-state index in [2.05, 4.69) is 44.5 Å². The lowest BCUT2D eigenvalue weighted by molar-refractivity contribution is -0.146. The molecule has 1 rings (SSSR count). The summed E-state index contributed by atoms with van der Waals surface area (Å²) in [4.78, 5) is 30.1. The monoisotopic (exact) mass is 863 g/mol. The smallest absolute Gasteiger partial charge is 0.306 e. The molecule has 362 valence electrons. The molecule has 1 fully saturated rings. The molecular weight excluding hydrogens is 757 g/mol. The zero-order valence-electron chi connectivity index (χ0n) is 41.8. The molecule has 0 N–H and O–H groups in total. The molecule has 0 saturated carbocycles. The maximum Gasteiger partial charge on any atom is 0.306 e. The standard InChI is InChI=1S/C54H106N2O5/c1-6-10-14-26-36-50(34-12-8-3)48-53(57)60-46-31-24-20-16-18-22-28-38-52(59-45-33-30-40-56-43-41-55(5)42-44-56)39-29-23-19-17-21-25-32-47-61-54(58)49-51(35-13-9-4)37-27-15-11-7-2/h50-52H,6-49H2,1-5H3. The number of carbonyl (C=O) groups is 2. The van der Waals surface area contributed by atoms with Crippen molar-refractivity contribution in [3.63, 3.8) is 0 Å². The summed E-state index contributed by atoms with van der Waals surface area (Å²) in [7, 11) is 2.23. The lowest BCUT2D eigenvalue weighted by Gasteiger charge is -2.32. The van der Waals surface area contributed by atoms with Crippen LogP contribution in [0.15, 0.2) is 0 Å². The van der Waals surface area contributed by atoms with Crippen molar-refractivity contribution in [2.75, 3.05) is 59.6 Å². The first-order chi connectivity index (χ1) is 29.9. The van der Waals surface area contributed by atoms with Crippen molar-refractivity contribution in [3.8, 4) is 0 Å². The summed E-state index contributed by atoms with van der Waals surface area (Å²) in [5.74, 6) is 1.08. The van der Waals surface area contributed by atoms with Crippen LogP contribution in [-0.2, 0) is 23.8 Å². The van der Waals surface area contributed by atoms with Gasteiger partial charge in [0.05, 0.1) is 19.3 Å². The van der Waals surface area contributed by atoms with Crippen molar-refractivity contribution in [1.82, 2.24) is 9.80 Å². The van der Waals surface area contributed by atoms with Crippen LogP contribution in [0.25, 0.3) is 0 Å². The predicted octanol–water partition coefficient (Wildman–Crippen LogP) is 15.1. The minimum absolute atomic E-state index is 0.0315. The number of esters is 2. The lowest BCUT2D eigenvalue weighted by atomic mass is 9.92. The second-order valence-electron chi connectivity index (χ2n) is 19.4. The van der Waals surface area contributed by atoms with E-state index in [-0.39, 0.29) is 11.9 Å². The Morgan fingerprint density at radius 2 is 0.770 bits per heavy atom. The molecular formula is C54H106N2O5. The van der Waals surface area contributed by atoms with Gasteiger partial charge < -0.3 is 24.0 Å². The maximum absolute atomic E-state index is 12.5. The van der Waals surface area contributed by atoms with Crippen LogP contribution in [0.1, 0.15) is 259 Å². The summed E-state index contributed by atoms with van der Waals surface area (Å²) in [6, 6.07) is 0. The van der Waals surface area contributed by atoms with E-state index in [1.54, 1.807) is 0 Å². The average molecular weight is 863 g/mol. The molecule has 0 aromatic carbocycles. The van der Waals surface area contributed by atoms with Crippen molar-refractivity contribution in [1.29, 1.82) is 0 Å². The van der Waals surface area contributed by atoms with E-state index >= 15 is 0 Å². The Kier molecular flexibility index (Phi) is 41.8. The first-order valence-corrected chi connectivity index (χ1v) is 27.2. The van der Waals surface area contributed by atoms with Gasteiger partial charge in [-0.05, 0) is 89.6 Å². The molecule has 0 bridgehead atoms. The molecule has 2 unspecified atom stereocenters. The van der Waals surface area contributed by atoms with Crippen molar-refractivity contribution in [2.45, 2.75) is 265 Å². The van der Waals surface area contributed by atoms with Crippen LogP contribution in [0, 0.1) is 11.8 Å². The van der Waals surface area contributed by atoms with Gasteiger partial charge in [0, 0.05) is 45.6 Å². The third-order valence-electron chi connectivity index (χ3n) is 13.5. The molecule has 1 aliphatic rings. The van der Waals surface area contributed by atoms with E-state index in [0.29, 0.717) is 44.0 Å². The predicted molar refractivity (Wildman–Crippen MR) is 261 cm³/mol. The molecule has 0 amide bonds. The van der Waals surface area contributed by atoms with Crippen molar-refractivity contribution in [2.24, 2.45) is 11.8 Å². The summed E-state index contributed by atoms with van der Waals surface area (Å²) in [5.41, 5.74) is 0. The van der Waals surface area contributed by atoms with Crippen molar-refractivity contribution < 1.29 is 23.8 Å². The number of carbonyl (C=O) groups excluding carboxylic acids is 2. The number of unbranched alkanes of at least 4 members (excludes halogenated alkanes) is 21. The normalized spacial score (nSPS) is 15.2. The zero-order valence-corrected chi connectivity index (χ0v) is 41.8. The molecule has 0 spiro atoms. The Hall–Kier alpha value is -1.18. The van der Waals surface area contributed by atoms with Gasteiger partial charge in [0.15, 0.2) is 0 Å². The molecule has 7 heteroatoms. The van der Waals surface area contributed by atoms with Gasteiger partial charge in [0.2, 0.25) is 0 Å². The number of rotatable bonds is 46. The van der Waals surface area contributed by atoms with Gasteiger partial charge in [-0.25, -0.2) is 0 Å². The van der Waals surface area contributed by atoms with E-state index < -0.39 is 0 Å². The van der Waals surface area contributed by atoms with Crippen molar-refractivity contribution >= 4 is 11.9 Å². The van der Waals surface area contributed by atoms with Gasteiger partial charge in [-0.15, -0.1) is 0 Å². The molecule has 1 saturated heterocycles. The Bertz CT molecular complexity index is 882. The summed E-state index contributed by atoms with van der Waals surface area (Å²) in [6.45, 7) is 17.1. The average Bonchev–Trinajstić information content (AvgIpc) is 3.26. The topological polar surface area (TPSA) is 68.3 Å². The third kappa shape index (κ3) is 37.9. The van der Waals surface area contributed by atoms with Crippen LogP contribution in [0.5, 0.6) is 0 Å². The van der Waals surface area contributed by atoms with Gasteiger partial charge in [0.1, 0.15) is 0 Å². The first-order valence-electron chi connectivity index (χ1n) is 27.2. The van der Waals surface area contributed by atoms with Crippen LogP contribution in [-0.4, -0.2) is 87.4 Å². The largest absolute Gasteiger partial charge is 0.466 e. The maximum atomic E-state index is 12.5. The summed E-state index contributed by atoms with van der Waals surface area (Å²) >= 11 is 0. The van der Waals surface area contributed by atoms with Crippen LogP contribution < -0.4 is 0 Å². The second-order valence-corrected chi connectivity index (χ2v) is 19.4. The summed E-state index contributed by atoms with van der Waals surface area (Å²) < 4.78 is 17.9. The molecule has 0 radical (unpaired) electrons. The zero-order chi connectivity index (χ0) is 44.3. The number of hydrogen-bond acceptors (Lipinski definition) is 7. The van der Waals surface area contributed by atoms with E-state index in [9.17, 15) is 9.59 Å². The highest BCUT2D eigenvalue weighted by Gasteiger charge is 2.17. The Morgan fingerprint density at radius 1 is 0.410 bits per heavy atom.